The van der Waals surface area contributed by atoms with Crippen LogP contribution in [-0.4, -0.2) is 6.21 Å². The number of hydrogen-bond donors (Lipinski definition) is 0. The number of allylic oxidation sites excluding steroid dienone is 2. The lowest BCUT2D eigenvalue weighted by molar-refractivity contribution is 0.359. The minimum atomic E-state index is 0.378. The molecule has 2 aliphatic carbocycles. The summed E-state index contributed by atoms with van der Waals surface area (Å²) in [6.45, 7) is 2.32. The fraction of sp³-hybridized carbons (Fsp3) is 0.375. The van der Waals surface area contributed by atoms with E-state index in [9.17, 15) is 0 Å². The second-order valence-corrected chi connectivity index (χ2v) is 5.53. The molecule has 18 heavy (non-hydrogen) atoms. The van der Waals surface area contributed by atoms with Crippen LogP contribution in [0.4, 0.5) is 0 Å². The Labute approximate surface area is 106 Å². The average Bonchev–Trinajstić information content (AvgIpc) is 3.00. The van der Waals surface area contributed by atoms with Crippen LogP contribution in [0.15, 0.2) is 34.5 Å². The Hall–Kier alpha value is -1.70. The molecule has 2 nitrogen and oxygen atoms in total. The molecule has 0 N–H and O–H groups in total. The molecule has 0 radical (unpaired) electrons. The van der Waals surface area contributed by atoms with E-state index in [1.807, 2.05) is 6.21 Å². The maximum Gasteiger partial charge on any atom is 0.0948 e. The van der Waals surface area contributed by atoms with Crippen molar-refractivity contribution >= 4 is 11.8 Å². The molecule has 0 bridgehead atoms. The molecule has 1 atom stereocenters. The molecule has 4 rings (SSSR count). The molecule has 0 amide bonds. The van der Waals surface area contributed by atoms with Crippen LogP contribution in [0.2, 0.25) is 0 Å². The van der Waals surface area contributed by atoms with Crippen molar-refractivity contribution in [2.24, 2.45) is 15.6 Å². The minimum absolute atomic E-state index is 0.378. The summed E-state index contributed by atoms with van der Waals surface area (Å²) in [7, 11) is 0. The predicted octanol–water partition coefficient (Wildman–Crippen LogP) is 2.11. The smallest absolute Gasteiger partial charge is 0.0948 e. The fourth-order valence-corrected chi connectivity index (χ4v) is 3.74. The van der Waals surface area contributed by atoms with Gasteiger partial charge in [-0.1, -0.05) is 25.1 Å². The summed E-state index contributed by atoms with van der Waals surface area (Å²) >= 11 is 0. The van der Waals surface area contributed by atoms with Crippen molar-refractivity contribution in [2.45, 2.75) is 32.6 Å². The summed E-state index contributed by atoms with van der Waals surface area (Å²) in [5.41, 5.74) is 4.66. The summed E-state index contributed by atoms with van der Waals surface area (Å²) in [6, 6.07) is 4.36. The first kappa shape index (κ1) is 10.2. The zero-order valence-corrected chi connectivity index (χ0v) is 10.6. The molecule has 1 unspecified atom stereocenters. The van der Waals surface area contributed by atoms with Gasteiger partial charge in [-0.15, -0.1) is 0 Å². The van der Waals surface area contributed by atoms with Crippen LogP contribution < -0.4 is 10.6 Å². The van der Waals surface area contributed by atoms with Gasteiger partial charge in [-0.25, -0.2) is 0 Å². The van der Waals surface area contributed by atoms with Gasteiger partial charge in [0.05, 0.1) is 11.6 Å². The number of benzene rings is 1. The van der Waals surface area contributed by atoms with Gasteiger partial charge in [-0.3, -0.25) is 0 Å². The molecular weight excluding hydrogens is 220 g/mol. The third kappa shape index (κ3) is 1.13. The number of nitrogens with zero attached hydrogens (tertiary/aromatic N) is 2. The molecule has 0 fully saturated rings. The summed E-state index contributed by atoms with van der Waals surface area (Å²) in [4.78, 5) is 0. The highest BCUT2D eigenvalue weighted by atomic mass is 15.2. The van der Waals surface area contributed by atoms with Gasteiger partial charge in [0.1, 0.15) is 0 Å². The standard InChI is InChI=1S/C16H16N2/c1-2-16-8-4-3-5-14(16)11-6-7-15-13(10-17-18-15)12(11)9-16/h3,5-7,10H,2,4,8-9H2,1H3. The van der Waals surface area contributed by atoms with E-state index in [-0.39, 0.29) is 0 Å². The third-order valence-corrected chi connectivity index (χ3v) is 4.81. The second kappa shape index (κ2) is 3.41. The Morgan fingerprint density at radius 3 is 3.17 bits per heavy atom. The third-order valence-electron chi connectivity index (χ3n) is 4.81. The van der Waals surface area contributed by atoms with Crippen LogP contribution in [0.1, 0.15) is 37.3 Å². The highest BCUT2D eigenvalue weighted by Gasteiger charge is 2.38. The monoisotopic (exact) mass is 236 g/mol. The average molecular weight is 236 g/mol. The molecule has 1 aliphatic heterocycles. The molecule has 0 saturated carbocycles. The Bertz CT molecular complexity index is 709. The first-order chi connectivity index (χ1) is 8.84. The number of fused-ring (bicyclic) bond motifs is 4. The van der Waals surface area contributed by atoms with Crippen LogP contribution in [0.25, 0.3) is 5.57 Å². The van der Waals surface area contributed by atoms with Crippen molar-refractivity contribution in [3.05, 3.63) is 46.0 Å². The van der Waals surface area contributed by atoms with Gasteiger partial charge in [0.25, 0.3) is 0 Å². The Morgan fingerprint density at radius 2 is 2.28 bits per heavy atom. The van der Waals surface area contributed by atoms with Gasteiger partial charge in [0, 0.05) is 11.0 Å². The van der Waals surface area contributed by atoms with E-state index in [1.165, 1.54) is 42.0 Å². The van der Waals surface area contributed by atoms with Crippen molar-refractivity contribution < 1.29 is 0 Å². The van der Waals surface area contributed by atoms with Crippen LogP contribution in [0.3, 0.4) is 0 Å². The molecule has 2 heteroatoms. The van der Waals surface area contributed by atoms with E-state index >= 15 is 0 Å². The van der Waals surface area contributed by atoms with E-state index in [0.717, 1.165) is 5.36 Å². The van der Waals surface area contributed by atoms with Gasteiger partial charge in [-0.05, 0) is 48.1 Å². The van der Waals surface area contributed by atoms with Crippen molar-refractivity contribution in [3.8, 4) is 0 Å². The molecule has 90 valence electrons. The fourth-order valence-electron chi connectivity index (χ4n) is 3.74. The first-order valence-corrected chi connectivity index (χ1v) is 6.78. The highest BCUT2D eigenvalue weighted by molar-refractivity contribution is 5.85. The van der Waals surface area contributed by atoms with Gasteiger partial charge in [-0.2, -0.15) is 10.2 Å². The molecule has 1 aromatic rings. The van der Waals surface area contributed by atoms with Crippen LogP contribution in [0.5, 0.6) is 0 Å². The Kier molecular flexibility index (Phi) is 1.94. The number of hydrogen-bond acceptors (Lipinski definition) is 2. The van der Waals surface area contributed by atoms with Crippen LogP contribution >= 0.6 is 0 Å². The molecule has 1 heterocycles. The molecule has 0 saturated heterocycles. The zero-order valence-electron chi connectivity index (χ0n) is 10.6. The Morgan fingerprint density at radius 1 is 1.33 bits per heavy atom. The molecular formula is C16H16N2. The molecule has 3 aliphatic rings. The van der Waals surface area contributed by atoms with Crippen molar-refractivity contribution in [1.29, 1.82) is 0 Å². The zero-order chi connectivity index (χ0) is 12.2. The normalized spacial score (nSPS) is 26.8. The van der Waals surface area contributed by atoms with Crippen LogP contribution in [-0.2, 0) is 6.42 Å². The maximum absolute atomic E-state index is 4.18. The maximum atomic E-state index is 4.18. The van der Waals surface area contributed by atoms with E-state index in [4.69, 9.17) is 0 Å². The predicted molar refractivity (Wildman–Crippen MR) is 73.0 cm³/mol. The summed E-state index contributed by atoms with van der Waals surface area (Å²) in [6.07, 6.45) is 11.5. The topological polar surface area (TPSA) is 24.7 Å². The highest BCUT2D eigenvalue weighted by Crippen LogP contribution is 2.46. The summed E-state index contributed by atoms with van der Waals surface area (Å²) in [5.74, 6) is 0. The second-order valence-electron chi connectivity index (χ2n) is 5.53. The van der Waals surface area contributed by atoms with Gasteiger partial charge in [0.2, 0.25) is 0 Å². The van der Waals surface area contributed by atoms with E-state index in [2.05, 4.69) is 41.4 Å². The van der Waals surface area contributed by atoms with Gasteiger partial charge in [0.15, 0.2) is 0 Å². The van der Waals surface area contributed by atoms with Gasteiger partial charge >= 0.3 is 0 Å². The molecule has 0 aromatic heterocycles. The lowest BCUT2D eigenvalue weighted by atomic mass is 9.71. The van der Waals surface area contributed by atoms with Crippen molar-refractivity contribution in [1.82, 2.24) is 0 Å². The summed E-state index contributed by atoms with van der Waals surface area (Å²) < 4.78 is 0. The first-order valence-electron chi connectivity index (χ1n) is 6.78. The molecule has 0 spiro atoms. The lowest BCUT2D eigenvalue weighted by Crippen LogP contribution is -2.22. The lowest BCUT2D eigenvalue weighted by Gasteiger charge is -2.32. The van der Waals surface area contributed by atoms with E-state index in [0.29, 0.717) is 5.41 Å². The van der Waals surface area contributed by atoms with E-state index < -0.39 is 0 Å². The Balaban J connectivity index is 2.08. The quantitative estimate of drug-likeness (QED) is 0.713. The van der Waals surface area contributed by atoms with E-state index in [1.54, 1.807) is 5.57 Å². The SMILES string of the molecule is CCC12CCC=CC1=c1ccc3c(c1C2)C=NN=3. The molecule has 1 aromatic carbocycles. The van der Waals surface area contributed by atoms with Gasteiger partial charge < -0.3 is 0 Å². The largest absolute Gasteiger partial charge is 0.158 e. The van der Waals surface area contributed by atoms with Crippen molar-refractivity contribution in [2.75, 3.05) is 0 Å². The number of rotatable bonds is 1. The van der Waals surface area contributed by atoms with Crippen LogP contribution in [0, 0.1) is 5.41 Å². The summed E-state index contributed by atoms with van der Waals surface area (Å²) in [5, 5.41) is 10.7. The minimum Gasteiger partial charge on any atom is -0.158 e. The van der Waals surface area contributed by atoms with Crippen molar-refractivity contribution in [3.63, 3.8) is 0 Å².